The van der Waals surface area contributed by atoms with E-state index in [-0.39, 0.29) is 0 Å². The normalized spacial score (nSPS) is 12.4. The first kappa shape index (κ1) is 14.7. The summed E-state index contributed by atoms with van der Waals surface area (Å²) in [6.07, 6.45) is 2.29. The maximum atomic E-state index is 10.7. The van der Waals surface area contributed by atoms with Crippen molar-refractivity contribution in [2.75, 3.05) is 0 Å². The molecule has 0 aliphatic rings. The SMILES string of the molecule is CCCc1cccc(C(O)c2cc(C)nnc2CC)c1. The van der Waals surface area contributed by atoms with E-state index in [1.165, 1.54) is 5.56 Å². The van der Waals surface area contributed by atoms with Crippen molar-refractivity contribution in [3.63, 3.8) is 0 Å². The van der Waals surface area contributed by atoms with Gasteiger partial charge in [0.1, 0.15) is 6.10 Å². The van der Waals surface area contributed by atoms with Gasteiger partial charge in [0.05, 0.1) is 11.4 Å². The zero-order chi connectivity index (χ0) is 14.5. The third-order valence-electron chi connectivity index (χ3n) is 3.46. The summed E-state index contributed by atoms with van der Waals surface area (Å²) < 4.78 is 0. The predicted octanol–water partition coefficient (Wildman–Crippen LogP) is 3.38. The zero-order valence-electron chi connectivity index (χ0n) is 12.4. The Kier molecular flexibility index (Phi) is 4.85. The van der Waals surface area contributed by atoms with Gasteiger partial charge in [0.15, 0.2) is 0 Å². The maximum absolute atomic E-state index is 10.7. The van der Waals surface area contributed by atoms with E-state index < -0.39 is 6.10 Å². The number of hydrogen-bond acceptors (Lipinski definition) is 3. The van der Waals surface area contributed by atoms with Gasteiger partial charge in [-0.3, -0.25) is 0 Å². The molecule has 3 heteroatoms. The molecule has 106 valence electrons. The van der Waals surface area contributed by atoms with Crippen LogP contribution in [0.5, 0.6) is 0 Å². The molecule has 0 aliphatic carbocycles. The van der Waals surface area contributed by atoms with Gasteiger partial charge < -0.3 is 5.11 Å². The summed E-state index contributed by atoms with van der Waals surface area (Å²) in [5, 5.41) is 18.9. The van der Waals surface area contributed by atoms with Gasteiger partial charge in [-0.25, -0.2) is 0 Å². The van der Waals surface area contributed by atoms with E-state index in [0.29, 0.717) is 0 Å². The number of nitrogens with zero attached hydrogens (tertiary/aromatic N) is 2. The smallest absolute Gasteiger partial charge is 0.106 e. The van der Waals surface area contributed by atoms with Crippen molar-refractivity contribution in [3.05, 3.63) is 58.4 Å². The Labute approximate surface area is 120 Å². The van der Waals surface area contributed by atoms with Gasteiger partial charge in [-0.2, -0.15) is 10.2 Å². The molecule has 0 amide bonds. The molecule has 1 aromatic heterocycles. The molecule has 1 aromatic carbocycles. The lowest BCUT2D eigenvalue weighted by atomic mass is 9.96. The fourth-order valence-corrected chi connectivity index (χ4v) is 2.43. The van der Waals surface area contributed by atoms with Crippen molar-refractivity contribution in [2.24, 2.45) is 0 Å². The van der Waals surface area contributed by atoms with Crippen LogP contribution in [-0.4, -0.2) is 15.3 Å². The van der Waals surface area contributed by atoms with E-state index >= 15 is 0 Å². The second-order valence-electron chi connectivity index (χ2n) is 5.14. The van der Waals surface area contributed by atoms with Crippen LogP contribution in [0.3, 0.4) is 0 Å². The Morgan fingerprint density at radius 3 is 2.65 bits per heavy atom. The van der Waals surface area contributed by atoms with Gasteiger partial charge in [-0.05, 0) is 37.0 Å². The van der Waals surface area contributed by atoms with Crippen LogP contribution in [0, 0.1) is 6.92 Å². The number of aryl methyl sites for hydroxylation is 3. The van der Waals surface area contributed by atoms with Crippen LogP contribution in [0.15, 0.2) is 30.3 Å². The lowest BCUT2D eigenvalue weighted by molar-refractivity contribution is 0.218. The van der Waals surface area contributed by atoms with E-state index in [0.717, 1.165) is 41.8 Å². The molecule has 0 spiro atoms. The van der Waals surface area contributed by atoms with Crippen molar-refractivity contribution >= 4 is 0 Å². The number of rotatable bonds is 5. The molecule has 0 fully saturated rings. The van der Waals surface area contributed by atoms with Gasteiger partial charge in [0.2, 0.25) is 0 Å². The number of aliphatic hydroxyl groups excluding tert-OH is 1. The molecule has 2 aromatic rings. The Morgan fingerprint density at radius 2 is 1.95 bits per heavy atom. The topological polar surface area (TPSA) is 46.0 Å². The van der Waals surface area contributed by atoms with Crippen LogP contribution >= 0.6 is 0 Å². The highest BCUT2D eigenvalue weighted by atomic mass is 16.3. The summed E-state index contributed by atoms with van der Waals surface area (Å²) in [6.45, 7) is 6.09. The molecule has 2 rings (SSSR count). The minimum atomic E-state index is -0.629. The van der Waals surface area contributed by atoms with E-state index in [2.05, 4.69) is 29.3 Å². The Balaban J connectivity index is 2.37. The van der Waals surface area contributed by atoms with Crippen LogP contribution in [0.4, 0.5) is 0 Å². The number of aliphatic hydroxyl groups is 1. The van der Waals surface area contributed by atoms with E-state index in [4.69, 9.17) is 0 Å². The molecule has 0 bridgehead atoms. The summed E-state index contributed by atoms with van der Waals surface area (Å²) in [7, 11) is 0. The molecular weight excluding hydrogens is 248 g/mol. The summed E-state index contributed by atoms with van der Waals surface area (Å²) in [5.74, 6) is 0. The third-order valence-corrected chi connectivity index (χ3v) is 3.46. The molecule has 20 heavy (non-hydrogen) atoms. The standard InChI is InChI=1S/C17H22N2O/c1-4-7-13-8-6-9-14(11-13)17(20)15-10-12(3)18-19-16(15)5-2/h6,8-11,17,20H,4-5,7H2,1-3H3. The summed E-state index contributed by atoms with van der Waals surface area (Å²) in [4.78, 5) is 0. The van der Waals surface area contributed by atoms with Gasteiger partial charge in [0.25, 0.3) is 0 Å². The first-order valence-electron chi connectivity index (χ1n) is 7.25. The highest BCUT2D eigenvalue weighted by molar-refractivity contribution is 5.35. The Hall–Kier alpha value is -1.74. The van der Waals surface area contributed by atoms with Crippen molar-refractivity contribution in [3.8, 4) is 0 Å². The molecule has 1 heterocycles. The average Bonchev–Trinajstić information content (AvgIpc) is 2.47. The fourth-order valence-electron chi connectivity index (χ4n) is 2.43. The zero-order valence-corrected chi connectivity index (χ0v) is 12.4. The molecule has 3 nitrogen and oxygen atoms in total. The Bertz CT molecular complexity index is 581. The molecule has 1 N–H and O–H groups in total. The first-order valence-corrected chi connectivity index (χ1v) is 7.25. The van der Waals surface area contributed by atoms with Gasteiger partial charge in [-0.15, -0.1) is 0 Å². The highest BCUT2D eigenvalue weighted by Gasteiger charge is 2.16. The second kappa shape index (κ2) is 6.62. The average molecular weight is 270 g/mol. The van der Waals surface area contributed by atoms with Crippen molar-refractivity contribution in [1.82, 2.24) is 10.2 Å². The van der Waals surface area contributed by atoms with Crippen LogP contribution in [0.2, 0.25) is 0 Å². The minimum absolute atomic E-state index is 0.629. The molecular formula is C17H22N2O. The minimum Gasteiger partial charge on any atom is -0.384 e. The number of aromatic nitrogens is 2. The third kappa shape index (κ3) is 3.23. The van der Waals surface area contributed by atoms with Crippen molar-refractivity contribution in [1.29, 1.82) is 0 Å². The van der Waals surface area contributed by atoms with Crippen LogP contribution < -0.4 is 0 Å². The summed E-state index contributed by atoms with van der Waals surface area (Å²) in [6, 6.07) is 10.1. The molecule has 1 unspecified atom stereocenters. The summed E-state index contributed by atoms with van der Waals surface area (Å²) in [5.41, 5.74) is 4.76. The second-order valence-corrected chi connectivity index (χ2v) is 5.14. The molecule has 0 saturated heterocycles. The van der Waals surface area contributed by atoms with Crippen LogP contribution in [0.1, 0.15) is 54.5 Å². The van der Waals surface area contributed by atoms with Gasteiger partial charge in [0, 0.05) is 5.56 Å². The van der Waals surface area contributed by atoms with E-state index in [9.17, 15) is 5.11 Å². The Morgan fingerprint density at radius 1 is 1.15 bits per heavy atom. The summed E-state index contributed by atoms with van der Waals surface area (Å²) >= 11 is 0. The molecule has 0 saturated carbocycles. The monoisotopic (exact) mass is 270 g/mol. The quantitative estimate of drug-likeness (QED) is 0.906. The number of hydrogen-bond donors (Lipinski definition) is 1. The van der Waals surface area contributed by atoms with Crippen LogP contribution in [0.25, 0.3) is 0 Å². The molecule has 0 aliphatic heterocycles. The van der Waals surface area contributed by atoms with E-state index in [1.54, 1.807) is 0 Å². The predicted molar refractivity (Wildman–Crippen MR) is 80.6 cm³/mol. The van der Waals surface area contributed by atoms with E-state index in [1.807, 2.05) is 32.0 Å². The van der Waals surface area contributed by atoms with Gasteiger partial charge in [-0.1, -0.05) is 44.5 Å². The van der Waals surface area contributed by atoms with Crippen molar-refractivity contribution in [2.45, 2.75) is 46.1 Å². The molecule has 0 radical (unpaired) electrons. The van der Waals surface area contributed by atoms with Crippen molar-refractivity contribution < 1.29 is 5.11 Å². The largest absolute Gasteiger partial charge is 0.384 e. The lowest BCUT2D eigenvalue weighted by Crippen LogP contribution is -2.08. The molecule has 1 atom stereocenters. The highest BCUT2D eigenvalue weighted by Crippen LogP contribution is 2.25. The number of benzene rings is 1. The fraction of sp³-hybridized carbons (Fsp3) is 0.412. The maximum Gasteiger partial charge on any atom is 0.106 e. The lowest BCUT2D eigenvalue weighted by Gasteiger charge is -2.15. The van der Waals surface area contributed by atoms with Crippen LogP contribution in [-0.2, 0) is 12.8 Å². The first-order chi connectivity index (χ1) is 9.65. The van der Waals surface area contributed by atoms with Gasteiger partial charge >= 0.3 is 0 Å².